The van der Waals surface area contributed by atoms with Crippen molar-refractivity contribution in [3.8, 4) is 5.75 Å². The number of hydrogen-bond acceptors (Lipinski definition) is 2. The Morgan fingerprint density at radius 1 is 1.20 bits per heavy atom. The van der Waals surface area contributed by atoms with Gasteiger partial charge in [0.15, 0.2) is 0 Å². The van der Waals surface area contributed by atoms with Gasteiger partial charge in [-0.05, 0) is 43.0 Å². The molecule has 1 aliphatic rings. The molecule has 2 aromatic carbocycles. The van der Waals surface area contributed by atoms with Gasteiger partial charge in [0.05, 0.1) is 12.1 Å². The van der Waals surface area contributed by atoms with Crippen molar-refractivity contribution in [1.82, 2.24) is 0 Å². The fourth-order valence-electron chi connectivity index (χ4n) is 2.76. The summed E-state index contributed by atoms with van der Waals surface area (Å²) >= 11 is 6.09. The Labute approximate surface area is 124 Å². The molecule has 2 N–H and O–H groups in total. The summed E-state index contributed by atoms with van der Waals surface area (Å²) in [4.78, 5) is 0. The molecule has 20 heavy (non-hydrogen) atoms. The Morgan fingerprint density at radius 3 is 2.80 bits per heavy atom. The second-order valence-corrected chi connectivity index (χ2v) is 5.89. The third-order valence-electron chi connectivity index (χ3n) is 3.92. The molecule has 0 amide bonds. The lowest BCUT2D eigenvalue weighted by atomic mass is 9.83. The molecule has 104 valence electrons. The van der Waals surface area contributed by atoms with Crippen LogP contribution in [0.4, 0.5) is 0 Å². The Bertz CT molecular complexity index is 637. The summed E-state index contributed by atoms with van der Waals surface area (Å²) in [6.45, 7) is 2.77. The molecule has 0 aromatic heterocycles. The topological polar surface area (TPSA) is 35.2 Å². The van der Waals surface area contributed by atoms with Gasteiger partial charge in [-0.3, -0.25) is 0 Å². The van der Waals surface area contributed by atoms with Crippen LogP contribution in [0.1, 0.15) is 30.0 Å². The standard InChI is InChI=1S/C17H18ClNO/c1-17(19,13-7-3-8-14(18)11-13)15-9-2-5-12-6-4-10-20-16(12)15/h2-3,5,7-9,11H,4,6,10,19H2,1H3. The molecule has 0 saturated carbocycles. The summed E-state index contributed by atoms with van der Waals surface area (Å²) in [7, 11) is 0. The number of ether oxygens (including phenoxy) is 1. The number of nitrogens with two attached hydrogens (primary N) is 1. The lowest BCUT2D eigenvalue weighted by Gasteiger charge is -2.31. The first-order valence-electron chi connectivity index (χ1n) is 6.89. The van der Waals surface area contributed by atoms with Crippen molar-refractivity contribution < 1.29 is 4.74 Å². The number of halogens is 1. The van der Waals surface area contributed by atoms with Crippen molar-refractivity contribution >= 4 is 11.6 Å². The average Bonchev–Trinajstić information content (AvgIpc) is 2.46. The minimum Gasteiger partial charge on any atom is -0.493 e. The van der Waals surface area contributed by atoms with E-state index in [0.717, 1.165) is 36.3 Å². The summed E-state index contributed by atoms with van der Waals surface area (Å²) in [6.07, 6.45) is 2.11. The van der Waals surface area contributed by atoms with E-state index in [0.29, 0.717) is 5.02 Å². The van der Waals surface area contributed by atoms with E-state index >= 15 is 0 Å². The van der Waals surface area contributed by atoms with Crippen LogP contribution in [0.25, 0.3) is 0 Å². The molecular weight excluding hydrogens is 270 g/mol. The van der Waals surface area contributed by atoms with Gasteiger partial charge in [-0.15, -0.1) is 0 Å². The molecule has 0 aliphatic carbocycles. The molecule has 0 fully saturated rings. The van der Waals surface area contributed by atoms with E-state index in [4.69, 9.17) is 22.1 Å². The average molecular weight is 288 g/mol. The quantitative estimate of drug-likeness (QED) is 0.909. The highest BCUT2D eigenvalue weighted by atomic mass is 35.5. The Hall–Kier alpha value is -1.51. The molecule has 1 aliphatic heterocycles. The van der Waals surface area contributed by atoms with Gasteiger partial charge in [0.25, 0.3) is 0 Å². The number of hydrogen-bond donors (Lipinski definition) is 1. The van der Waals surface area contributed by atoms with Crippen LogP contribution in [0.3, 0.4) is 0 Å². The number of aryl methyl sites for hydroxylation is 1. The summed E-state index contributed by atoms with van der Waals surface area (Å²) in [5.74, 6) is 0.948. The van der Waals surface area contributed by atoms with Crippen molar-refractivity contribution in [2.24, 2.45) is 5.73 Å². The van der Waals surface area contributed by atoms with E-state index in [1.807, 2.05) is 37.3 Å². The fraction of sp³-hybridized carbons (Fsp3) is 0.294. The van der Waals surface area contributed by atoms with Gasteiger partial charge in [0, 0.05) is 10.6 Å². The zero-order chi connectivity index (χ0) is 14.2. The largest absolute Gasteiger partial charge is 0.493 e. The molecule has 1 atom stereocenters. The number of fused-ring (bicyclic) bond motifs is 1. The van der Waals surface area contributed by atoms with Gasteiger partial charge in [0.2, 0.25) is 0 Å². The van der Waals surface area contributed by atoms with Crippen LogP contribution >= 0.6 is 11.6 Å². The first-order chi connectivity index (χ1) is 9.59. The monoisotopic (exact) mass is 287 g/mol. The number of rotatable bonds is 2. The number of para-hydroxylation sites is 1. The Kier molecular flexibility index (Phi) is 3.45. The van der Waals surface area contributed by atoms with Crippen LogP contribution in [0.2, 0.25) is 5.02 Å². The second-order valence-electron chi connectivity index (χ2n) is 5.46. The van der Waals surface area contributed by atoms with Gasteiger partial charge in [-0.25, -0.2) is 0 Å². The Morgan fingerprint density at radius 2 is 2.00 bits per heavy atom. The molecule has 2 aromatic rings. The smallest absolute Gasteiger partial charge is 0.127 e. The van der Waals surface area contributed by atoms with Gasteiger partial charge < -0.3 is 10.5 Å². The van der Waals surface area contributed by atoms with E-state index < -0.39 is 5.54 Å². The SMILES string of the molecule is CC(N)(c1cccc(Cl)c1)c1cccc2c1OCCC2. The van der Waals surface area contributed by atoms with Crippen LogP contribution in [-0.4, -0.2) is 6.61 Å². The molecule has 3 heteroatoms. The lowest BCUT2D eigenvalue weighted by molar-refractivity contribution is 0.280. The molecule has 0 spiro atoms. The lowest BCUT2D eigenvalue weighted by Crippen LogP contribution is -2.35. The molecule has 0 radical (unpaired) electrons. The minimum absolute atomic E-state index is 0.617. The summed E-state index contributed by atoms with van der Waals surface area (Å²) < 4.78 is 5.88. The first kappa shape index (κ1) is 13.5. The summed E-state index contributed by atoms with van der Waals surface area (Å²) in [5.41, 5.74) is 9.26. The molecule has 1 heterocycles. The van der Waals surface area contributed by atoms with Crippen molar-refractivity contribution in [3.63, 3.8) is 0 Å². The normalized spacial score (nSPS) is 16.9. The zero-order valence-corrected chi connectivity index (χ0v) is 12.3. The van der Waals surface area contributed by atoms with Gasteiger partial charge in [0.1, 0.15) is 5.75 Å². The van der Waals surface area contributed by atoms with E-state index in [1.165, 1.54) is 5.56 Å². The van der Waals surface area contributed by atoms with Crippen LogP contribution < -0.4 is 10.5 Å². The highest BCUT2D eigenvalue weighted by Gasteiger charge is 2.29. The maximum Gasteiger partial charge on any atom is 0.127 e. The predicted molar refractivity (Wildman–Crippen MR) is 82.4 cm³/mol. The maximum absolute atomic E-state index is 6.61. The van der Waals surface area contributed by atoms with Gasteiger partial charge in [-0.1, -0.05) is 41.9 Å². The Balaban J connectivity index is 2.12. The van der Waals surface area contributed by atoms with Crippen LogP contribution in [-0.2, 0) is 12.0 Å². The highest BCUT2D eigenvalue weighted by molar-refractivity contribution is 6.30. The van der Waals surface area contributed by atoms with E-state index in [-0.39, 0.29) is 0 Å². The van der Waals surface area contributed by atoms with E-state index in [2.05, 4.69) is 12.1 Å². The summed E-state index contributed by atoms with van der Waals surface area (Å²) in [5, 5.41) is 0.699. The summed E-state index contributed by atoms with van der Waals surface area (Å²) in [6, 6.07) is 13.9. The predicted octanol–water partition coefficient (Wildman–Crippen LogP) is 3.89. The van der Waals surface area contributed by atoms with Gasteiger partial charge in [-0.2, -0.15) is 0 Å². The van der Waals surface area contributed by atoms with Crippen LogP contribution in [0.15, 0.2) is 42.5 Å². The van der Waals surface area contributed by atoms with E-state index in [1.54, 1.807) is 0 Å². The van der Waals surface area contributed by atoms with Crippen molar-refractivity contribution in [1.29, 1.82) is 0 Å². The maximum atomic E-state index is 6.61. The van der Waals surface area contributed by atoms with Crippen molar-refractivity contribution in [3.05, 3.63) is 64.2 Å². The molecule has 0 bridgehead atoms. The number of benzene rings is 2. The van der Waals surface area contributed by atoms with Crippen LogP contribution in [0, 0.1) is 0 Å². The van der Waals surface area contributed by atoms with E-state index in [9.17, 15) is 0 Å². The second kappa shape index (κ2) is 5.12. The highest BCUT2D eigenvalue weighted by Crippen LogP contribution is 2.38. The zero-order valence-electron chi connectivity index (χ0n) is 11.5. The van der Waals surface area contributed by atoms with Crippen molar-refractivity contribution in [2.75, 3.05) is 6.61 Å². The molecule has 3 rings (SSSR count). The third kappa shape index (κ3) is 2.30. The first-order valence-corrected chi connectivity index (χ1v) is 7.27. The molecule has 0 saturated heterocycles. The third-order valence-corrected chi connectivity index (χ3v) is 4.15. The van der Waals surface area contributed by atoms with Crippen molar-refractivity contribution in [2.45, 2.75) is 25.3 Å². The molecule has 1 unspecified atom stereocenters. The molecular formula is C17H18ClNO. The molecule has 2 nitrogen and oxygen atoms in total. The minimum atomic E-state index is -0.617. The van der Waals surface area contributed by atoms with Gasteiger partial charge >= 0.3 is 0 Å². The fourth-order valence-corrected chi connectivity index (χ4v) is 2.96. The van der Waals surface area contributed by atoms with Crippen LogP contribution in [0.5, 0.6) is 5.75 Å².